The van der Waals surface area contributed by atoms with Gasteiger partial charge in [-0.15, -0.1) is 0 Å². The maximum Gasteiger partial charge on any atom is 0.248 e. The minimum absolute atomic E-state index is 0.207. The van der Waals surface area contributed by atoms with E-state index in [-0.39, 0.29) is 5.56 Å². The highest BCUT2D eigenvalue weighted by molar-refractivity contribution is 5.74. The van der Waals surface area contributed by atoms with E-state index < -0.39 is 0 Å². The van der Waals surface area contributed by atoms with Crippen molar-refractivity contribution in [3.8, 4) is 6.07 Å². The van der Waals surface area contributed by atoms with Gasteiger partial charge in [0.1, 0.15) is 6.07 Å². The zero-order valence-electron chi connectivity index (χ0n) is 13.3. The number of nitrogens with two attached hydrogens (primary N) is 1. The van der Waals surface area contributed by atoms with E-state index in [1.54, 1.807) is 12.1 Å². The van der Waals surface area contributed by atoms with Crippen molar-refractivity contribution in [2.45, 2.75) is 6.42 Å². The van der Waals surface area contributed by atoms with Gasteiger partial charge >= 0.3 is 0 Å². The van der Waals surface area contributed by atoms with Gasteiger partial charge in [0.05, 0.1) is 34.8 Å². The van der Waals surface area contributed by atoms with E-state index in [0.29, 0.717) is 47.1 Å². The van der Waals surface area contributed by atoms with Crippen LogP contribution in [0.1, 0.15) is 12.1 Å². The summed E-state index contributed by atoms with van der Waals surface area (Å²) in [6.07, 6.45) is 3.85. The number of aromatic amines is 1. The third-order valence-corrected chi connectivity index (χ3v) is 3.41. The maximum atomic E-state index is 11.3. The first-order valence-electron chi connectivity index (χ1n) is 7.67. The molecule has 3 heterocycles. The molecule has 0 aliphatic carbocycles. The van der Waals surface area contributed by atoms with Crippen molar-refractivity contribution in [3.63, 3.8) is 0 Å². The van der Waals surface area contributed by atoms with Gasteiger partial charge in [0.25, 0.3) is 0 Å². The lowest BCUT2D eigenvalue weighted by Gasteiger charge is -2.10. The summed E-state index contributed by atoms with van der Waals surface area (Å²) in [4.78, 5) is 26.6. The Labute approximate surface area is 143 Å². The van der Waals surface area contributed by atoms with Crippen LogP contribution in [0.15, 0.2) is 35.4 Å². The van der Waals surface area contributed by atoms with Crippen LogP contribution in [0, 0.1) is 11.3 Å². The molecule has 0 atom stereocenters. The van der Waals surface area contributed by atoms with Crippen LogP contribution >= 0.6 is 0 Å². The predicted molar refractivity (Wildman–Crippen MR) is 94.6 cm³/mol. The molecule has 0 fully saturated rings. The Morgan fingerprint density at radius 1 is 1.28 bits per heavy atom. The van der Waals surface area contributed by atoms with Crippen LogP contribution in [0.2, 0.25) is 0 Å². The standard InChI is InChI=1S/C16H16N8O/c17-4-1-5-19-12-6-10(8-20-13(12)7-18)22-16-21-9-14-11(24-16)2-3-15(25)23-14/h2-3,6,8-9,19H,1,4-5,17H2,(H,23,25)(H,21,22,24). The van der Waals surface area contributed by atoms with Crippen molar-refractivity contribution in [3.05, 3.63) is 46.6 Å². The van der Waals surface area contributed by atoms with Crippen LogP contribution in [-0.2, 0) is 0 Å². The molecule has 0 amide bonds. The van der Waals surface area contributed by atoms with Crippen molar-refractivity contribution >= 4 is 28.4 Å². The SMILES string of the molecule is N#Cc1ncc(Nc2ncc3[nH]c(=O)ccc3n2)cc1NCCCN. The number of pyridine rings is 2. The van der Waals surface area contributed by atoms with Gasteiger partial charge in [-0.05, 0) is 25.1 Å². The van der Waals surface area contributed by atoms with Crippen LogP contribution in [0.3, 0.4) is 0 Å². The number of hydrogen-bond donors (Lipinski definition) is 4. The largest absolute Gasteiger partial charge is 0.383 e. The van der Waals surface area contributed by atoms with E-state index in [9.17, 15) is 4.79 Å². The van der Waals surface area contributed by atoms with E-state index in [0.717, 1.165) is 6.42 Å². The number of nitrogens with zero attached hydrogens (tertiary/aromatic N) is 4. The van der Waals surface area contributed by atoms with Gasteiger partial charge in [-0.2, -0.15) is 5.26 Å². The highest BCUT2D eigenvalue weighted by atomic mass is 16.1. The number of anilines is 3. The smallest absolute Gasteiger partial charge is 0.248 e. The van der Waals surface area contributed by atoms with E-state index in [1.165, 1.54) is 18.5 Å². The molecule has 25 heavy (non-hydrogen) atoms. The fraction of sp³-hybridized carbons (Fsp3) is 0.188. The van der Waals surface area contributed by atoms with E-state index in [2.05, 4.69) is 30.6 Å². The summed E-state index contributed by atoms with van der Waals surface area (Å²) >= 11 is 0. The minimum atomic E-state index is -0.207. The normalized spacial score (nSPS) is 10.4. The minimum Gasteiger partial charge on any atom is -0.383 e. The van der Waals surface area contributed by atoms with Gasteiger partial charge in [-0.25, -0.2) is 15.0 Å². The molecule has 0 aliphatic rings. The molecule has 9 heteroatoms. The van der Waals surface area contributed by atoms with Gasteiger partial charge in [-0.3, -0.25) is 4.79 Å². The quantitative estimate of drug-likeness (QED) is 0.489. The van der Waals surface area contributed by atoms with Crippen LogP contribution in [0.5, 0.6) is 0 Å². The van der Waals surface area contributed by atoms with Crippen LogP contribution in [0.4, 0.5) is 17.3 Å². The van der Waals surface area contributed by atoms with Gasteiger partial charge < -0.3 is 21.4 Å². The maximum absolute atomic E-state index is 11.3. The monoisotopic (exact) mass is 336 g/mol. The summed E-state index contributed by atoms with van der Waals surface area (Å²) in [7, 11) is 0. The summed E-state index contributed by atoms with van der Waals surface area (Å²) in [5.74, 6) is 0.360. The topological polar surface area (TPSA) is 145 Å². The van der Waals surface area contributed by atoms with E-state index in [1.807, 2.05) is 6.07 Å². The molecule has 0 radical (unpaired) electrons. The van der Waals surface area contributed by atoms with Gasteiger partial charge in [0, 0.05) is 12.6 Å². The molecule has 0 spiro atoms. The second-order valence-corrected chi connectivity index (χ2v) is 5.24. The Balaban J connectivity index is 1.84. The summed E-state index contributed by atoms with van der Waals surface area (Å²) < 4.78 is 0. The Hall–Kier alpha value is -3.51. The molecule has 3 rings (SSSR count). The van der Waals surface area contributed by atoms with E-state index in [4.69, 9.17) is 11.0 Å². The second-order valence-electron chi connectivity index (χ2n) is 5.24. The Bertz CT molecular complexity index is 991. The van der Waals surface area contributed by atoms with Crippen LogP contribution < -0.4 is 21.9 Å². The van der Waals surface area contributed by atoms with Crippen molar-refractivity contribution < 1.29 is 0 Å². The lowest BCUT2D eigenvalue weighted by molar-refractivity contribution is 0.873. The predicted octanol–water partition coefficient (Wildman–Crippen LogP) is 1.09. The molecule has 0 saturated carbocycles. The first kappa shape index (κ1) is 16.4. The van der Waals surface area contributed by atoms with Crippen molar-refractivity contribution in [1.29, 1.82) is 5.26 Å². The molecular formula is C16H16N8O. The summed E-state index contributed by atoms with van der Waals surface area (Å²) in [5.41, 5.74) is 8.00. The van der Waals surface area contributed by atoms with E-state index >= 15 is 0 Å². The van der Waals surface area contributed by atoms with Gasteiger partial charge in [0.15, 0.2) is 5.69 Å². The molecule has 126 valence electrons. The number of nitrogens with one attached hydrogen (secondary N) is 3. The summed E-state index contributed by atoms with van der Waals surface area (Å²) in [5, 5.41) is 15.3. The molecule has 0 bridgehead atoms. The van der Waals surface area contributed by atoms with Gasteiger partial charge in [0.2, 0.25) is 11.5 Å². The van der Waals surface area contributed by atoms with Gasteiger partial charge in [-0.1, -0.05) is 0 Å². The average molecular weight is 336 g/mol. The third kappa shape index (κ3) is 3.88. The number of rotatable bonds is 6. The Morgan fingerprint density at radius 2 is 2.16 bits per heavy atom. The number of aromatic nitrogens is 4. The average Bonchev–Trinajstić information content (AvgIpc) is 2.62. The summed E-state index contributed by atoms with van der Waals surface area (Å²) in [6.45, 7) is 1.21. The number of nitriles is 1. The van der Waals surface area contributed by atoms with Crippen molar-refractivity contribution in [2.75, 3.05) is 23.7 Å². The van der Waals surface area contributed by atoms with Crippen LogP contribution in [-0.4, -0.2) is 33.0 Å². The molecule has 3 aromatic rings. The number of hydrogen-bond acceptors (Lipinski definition) is 8. The zero-order chi connectivity index (χ0) is 17.6. The molecule has 0 aliphatic heterocycles. The second kappa shape index (κ2) is 7.37. The zero-order valence-corrected chi connectivity index (χ0v) is 13.3. The Morgan fingerprint density at radius 3 is 2.96 bits per heavy atom. The molecule has 0 aromatic carbocycles. The molecule has 3 aromatic heterocycles. The fourth-order valence-electron chi connectivity index (χ4n) is 2.22. The lowest BCUT2D eigenvalue weighted by atomic mass is 10.2. The Kier molecular flexibility index (Phi) is 4.82. The highest BCUT2D eigenvalue weighted by Crippen LogP contribution is 2.20. The number of fused-ring (bicyclic) bond motifs is 1. The van der Waals surface area contributed by atoms with Crippen molar-refractivity contribution in [2.24, 2.45) is 5.73 Å². The molecule has 0 saturated heterocycles. The first-order chi connectivity index (χ1) is 12.2. The van der Waals surface area contributed by atoms with Crippen LogP contribution in [0.25, 0.3) is 11.0 Å². The first-order valence-corrected chi connectivity index (χ1v) is 7.67. The fourth-order valence-corrected chi connectivity index (χ4v) is 2.22. The third-order valence-electron chi connectivity index (χ3n) is 3.41. The molecule has 0 unspecified atom stereocenters. The molecule has 5 N–H and O–H groups in total. The highest BCUT2D eigenvalue weighted by Gasteiger charge is 2.07. The summed E-state index contributed by atoms with van der Waals surface area (Å²) in [6, 6.07) is 6.84. The molecule has 9 nitrogen and oxygen atoms in total. The lowest BCUT2D eigenvalue weighted by Crippen LogP contribution is -2.10. The molecular weight excluding hydrogens is 320 g/mol. The van der Waals surface area contributed by atoms with Crippen molar-refractivity contribution in [1.82, 2.24) is 19.9 Å². The number of H-pyrrole nitrogens is 1.